The summed E-state index contributed by atoms with van der Waals surface area (Å²) in [4.78, 5) is 16.3. The predicted molar refractivity (Wildman–Crippen MR) is 80.1 cm³/mol. The molecule has 2 aromatic heterocycles. The highest BCUT2D eigenvalue weighted by Gasteiger charge is 2.06. The molecule has 5 heteroatoms. The van der Waals surface area contributed by atoms with Crippen molar-refractivity contribution in [2.24, 2.45) is 5.73 Å². The van der Waals surface area contributed by atoms with Crippen molar-refractivity contribution in [3.63, 3.8) is 0 Å². The summed E-state index contributed by atoms with van der Waals surface area (Å²) in [5.41, 5.74) is 7.50. The van der Waals surface area contributed by atoms with Crippen LogP contribution < -0.4 is 16.0 Å². The molecule has 0 aliphatic heterocycles. The van der Waals surface area contributed by atoms with Gasteiger partial charge in [-0.3, -0.25) is 9.78 Å². The Balaban J connectivity index is 2.30. The molecule has 0 aliphatic carbocycles. The Morgan fingerprint density at radius 1 is 1.45 bits per heavy atom. The van der Waals surface area contributed by atoms with Crippen LogP contribution in [0.4, 0.5) is 0 Å². The van der Waals surface area contributed by atoms with Gasteiger partial charge < -0.3 is 15.0 Å². The van der Waals surface area contributed by atoms with Crippen molar-refractivity contribution in [2.45, 2.75) is 38.8 Å². The number of rotatable bonds is 6. The molecular weight excluding hydrogens is 254 g/mol. The Labute approximate surface area is 118 Å². The Morgan fingerprint density at radius 3 is 2.95 bits per heavy atom. The largest absolute Gasteiger partial charge is 0.495 e. The maximum Gasteiger partial charge on any atom is 0.251 e. The molecule has 2 aromatic rings. The van der Waals surface area contributed by atoms with E-state index in [4.69, 9.17) is 10.5 Å². The molecule has 2 rings (SSSR count). The predicted octanol–water partition coefficient (Wildman–Crippen LogP) is 1.92. The first-order valence-electron chi connectivity index (χ1n) is 6.95. The lowest BCUT2D eigenvalue weighted by atomic mass is 10.1. The number of nitrogens with two attached hydrogens (primary N) is 1. The van der Waals surface area contributed by atoms with Crippen LogP contribution in [-0.2, 0) is 6.54 Å². The number of hydrogen-bond donors (Lipinski definition) is 1. The smallest absolute Gasteiger partial charge is 0.251 e. The monoisotopic (exact) mass is 275 g/mol. The van der Waals surface area contributed by atoms with Gasteiger partial charge >= 0.3 is 0 Å². The Bertz CT molecular complexity index is 637. The lowest BCUT2D eigenvalue weighted by Crippen LogP contribution is -2.23. The van der Waals surface area contributed by atoms with Gasteiger partial charge in [-0.25, -0.2) is 0 Å². The van der Waals surface area contributed by atoms with Crippen LogP contribution in [0.2, 0.25) is 0 Å². The second kappa shape index (κ2) is 6.52. The molecule has 0 amide bonds. The summed E-state index contributed by atoms with van der Waals surface area (Å²) in [6.45, 7) is 2.72. The van der Waals surface area contributed by atoms with Gasteiger partial charge in [0, 0.05) is 24.7 Å². The van der Waals surface area contributed by atoms with E-state index < -0.39 is 0 Å². The average Bonchev–Trinajstić information content (AvgIpc) is 2.48. The number of ether oxygens (including phenoxy) is 1. The van der Waals surface area contributed by atoms with Crippen LogP contribution in [-0.4, -0.2) is 22.7 Å². The highest BCUT2D eigenvalue weighted by Crippen LogP contribution is 2.17. The van der Waals surface area contributed by atoms with Gasteiger partial charge in [0.05, 0.1) is 24.3 Å². The molecule has 0 saturated carbocycles. The number of aromatic nitrogens is 2. The number of aryl methyl sites for hydroxylation is 1. The van der Waals surface area contributed by atoms with Crippen molar-refractivity contribution in [1.82, 2.24) is 9.55 Å². The number of hydrogen-bond acceptors (Lipinski definition) is 4. The third-order valence-electron chi connectivity index (χ3n) is 3.53. The van der Waals surface area contributed by atoms with Crippen LogP contribution >= 0.6 is 0 Å². The maximum absolute atomic E-state index is 12.0. The standard InChI is InChI=1S/C15H21N3O2/c1-3-11(16)5-4-8-18-14-9-12(20-2)10-17-13(14)6-7-15(18)19/h6-7,9-11H,3-5,8,16H2,1-2H3. The van der Waals surface area contributed by atoms with Gasteiger partial charge in [0.15, 0.2) is 0 Å². The van der Waals surface area contributed by atoms with E-state index in [9.17, 15) is 4.79 Å². The molecule has 1 atom stereocenters. The van der Waals surface area contributed by atoms with Gasteiger partial charge in [-0.05, 0) is 25.3 Å². The molecule has 0 radical (unpaired) electrons. The minimum atomic E-state index is -0.0161. The molecule has 2 N–H and O–H groups in total. The average molecular weight is 275 g/mol. The van der Waals surface area contributed by atoms with Crippen molar-refractivity contribution in [3.8, 4) is 5.75 Å². The first-order chi connectivity index (χ1) is 9.65. The van der Waals surface area contributed by atoms with Crippen LogP contribution in [0.15, 0.2) is 29.2 Å². The molecule has 108 valence electrons. The minimum Gasteiger partial charge on any atom is -0.495 e. The second-order valence-electron chi connectivity index (χ2n) is 4.91. The molecule has 0 fully saturated rings. The van der Waals surface area contributed by atoms with Gasteiger partial charge in [0.2, 0.25) is 0 Å². The molecule has 0 bridgehead atoms. The molecule has 2 heterocycles. The van der Waals surface area contributed by atoms with Crippen molar-refractivity contribution in [1.29, 1.82) is 0 Å². The molecule has 0 aliphatic rings. The van der Waals surface area contributed by atoms with Gasteiger partial charge in [-0.1, -0.05) is 6.92 Å². The highest BCUT2D eigenvalue weighted by atomic mass is 16.5. The van der Waals surface area contributed by atoms with Gasteiger partial charge in [0.1, 0.15) is 5.75 Å². The number of pyridine rings is 2. The Morgan fingerprint density at radius 2 is 2.25 bits per heavy atom. The summed E-state index contributed by atoms with van der Waals surface area (Å²) in [5.74, 6) is 0.655. The second-order valence-corrected chi connectivity index (χ2v) is 4.91. The lowest BCUT2D eigenvalue weighted by Gasteiger charge is -2.12. The zero-order valence-corrected chi connectivity index (χ0v) is 12.0. The molecule has 0 spiro atoms. The van der Waals surface area contributed by atoms with E-state index >= 15 is 0 Å². The summed E-state index contributed by atoms with van der Waals surface area (Å²) in [6, 6.07) is 5.35. The molecule has 5 nitrogen and oxygen atoms in total. The highest BCUT2D eigenvalue weighted by molar-refractivity contribution is 5.75. The van der Waals surface area contributed by atoms with E-state index in [-0.39, 0.29) is 11.6 Å². The van der Waals surface area contributed by atoms with Crippen molar-refractivity contribution in [3.05, 3.63) is 34.7 Å². The van der Waals surface area contributed by atoms with E-state index in [0.717, 1.165) is 30.3 Å². The molecular formula is C15H21N3O2. The van der Waals surface area contributed by atoms with Crippen LogP contribution in [0.25, 0.3) is 11.0 Å². The topological polar surface area (TPSA) is 70.1 Å². The fourth-order valence-electron chi connectivity index (χ4n) is 2.21. The summed E-state index contributed by atoms with van der Waals surface area (Å²) in [6.07, 6.45) is 4.41. The van der Waals surface area contributed by atoms with E-state index in [1.54, 1.807) is 30.0 Å². The van der Waals surface area contributed by atoms with Crippen LogP contribution in [0.1, 0.15) is 26.2 Å². The van der Waals surface area contributed by atoms with E-state index in [2.05, 4.69) is 11.9 Å². The fraction of sp³-hybridized carbons (Fsp3) is 0.467. The first-order valence-corrected chi connectivity index (χ1v) is 6.95. The van der Waals surface area contributed by atoms with Gasteiger partial charge in [-0.15, -0.1) is 0 Å². The minimum absolute atomic E-state index is 0.0161. The van der Waals surface area contributed by atoms with Crippen molar-refractivity contribution >= 4 is 11.0 Å². The zero-order chi connectivity index (χ0) is 14.5. The Hall–Kier alpha value is -1.88. The van der Waals surface area contributed by atoms with Crippen LogP contribution in [0.3, 0.4) is 0 Å². The number of nitrogens with zero attached hydrogens (tertiary/aromatic N) is 2. The summed E-state index contributed by atoms with van der Waals surface area (Å²) in [7, 11) is 1.59. The lowest BCUT2D eigenvalue weighted by molar-refractivity contribution is 0.413. The molecule has 0 saturated heterocycles. The van der Waals surface area contributed by atoms with Gasteiger partial charge in [0.25, 0.3) is 5.56 Å². The molecule has 20 heavy (non-hydrogen) atoms. The maximum atomic E-state index is 12.0. The first kappa shape index (κ1) is 14.5. The molecule has 1 unspecified atom stereocenters. The fourth-order valence-corrected chi connectivity index (χ4v) is 2.21. The van der Waals surface area contributed by atoms with Crippen molar-refractivity contribution < 1.29 is 4.74 Å². The number of fused-ring (bicyclic) bond motifs is 1. The van der Waals surface area contributed by atoms with Crippen molar-refractivity contribution in [2.75, 3.05) is 7.11 Å². The third kappa shape index (κ3) is 3.17. The van der Waals surface area contributed by atoms with E-state index in [0.29, 0.717) is 12.3 Å². The molecule has 0 aromatic carbocycles. The quantitative estimate of drug-likeness (QED) is 0.874. The van der Waals surface area contributed by atoms with E-state index in [1.165, 1.54) is 0 Å². The third-order valence-corrected chi connectivity index (χ3v) is 3.53. The van der Waals surface area contributed by atoms with Crippen LogP contribution in [0.5, 0.6) is 5.75 Å². The van der Waals surface area contributed by atoms with Gasteiger partial charge in [-0.2, -0.15) is 0 Å². The summed E-state index contributed by atoms with van der Waals surface area (Å²) >= 11 is 0. The summed E-state index contributed by atoms with van der Waals surface area (Å²) < 4.78 is 6.92. The zero-order valence-electron chi connectivity index (χ0n) is 12.0. The summed E-state index contributed by atoms with van der Waals surface area (Å²) in [5, 5.41) is 0. The normalized spacial score (nSPS) is 12.6. The van der Waals surface area contributed by atoms with Crippen LogP contribution in [0, 0.1) is 0 Å². The number of methoxy groups -OCH3 is 1. The van der Waals surface area contributed by atoms with E-state index in [1.807, 2.05) is 6.07 Å². The SMILES string of the molecule is CCC(N)CCCn1c(=O)ccc2ncc(OC)cc21. The Kier molecular flexibility index (Phi) is 4.74.